The molecular weight excluding hydrogens is 344 g/mol. The Labute approximate surface area is 158 Å². The van der Waals surface area contributed by atoms with Crippen molar-refractivity contribution in [2.75, 3.05) is 32.6 Å². The molecule has 0 radical (unpaired) electrons. The molecule has 3 heterocycles. The summed E-state index contributed by atoms with van der Waals surface area (Å²) < 4.78 is 12.6. The van der Waals surface area contributed by atoms with E-state index >= 15 is 0 Å². The second-order valence-electron chi connectivity index (χ2n) is 6.83. The van der Waals surface area contributed by atoms with Crippen LogP contribution in [0.1, 0.15) is 18.4 Å². The van der Waals surface area contributed by atoms with Crippen LogP contribution >= 0.6 is 0 Å². The van der Waals surface area contributed by atoms with Gasteiger partial charge in [0.2, 0.25) is 11.8 Å². The largest absolute Gasteiger partial charge is 0.497 e. The van der Waals surface area contributed by atoms with Gasteiger partial charge in [-0.2, -0.15) is 9.97 Å². The molecular formula is C19H24N6O2. The van der Waals surface area contributed by atoms with Crippen molar-refractivity contribution in [1.29, 1.82) is 0 Å². The number of hydrogen-bond donors (Lipinski definition) is 1. The number of fused-ring (bicyclic) bond motifs is 1. The Morgan fingerprint density at radius 3 is 2.81 bits per heavy atom. The van der Waals surface area contributed by atoms with Crippen LogP contribution in [0.4, 0.5) is 5.95 Å². The van der Waals surface area contributed by atoms with E-state index in [0.717, 1.165) is 30.8 Å². The Hall–Kier alpha value is -2.87. The van der Waals surface area contributed by atoms with Gasteiger partial charge in [0.25, 0.3) is 5.78 Å². The molecule has 8 nitrogen and oxygen atoms in total. The van der Waals surface area contributed by atoms with Crippen LogP contribution < -0.4 is 14.8 Å². The molecule has 1 aromatic carbocycles. The van der Waals surface area contributed by atoms with E-state index in [2.05, 4.69) is 32.3 Å². The van der Waals surface area contributed by atoms with Gasteiger partial charge in [0.15, 0.2) is 0 Å². The third kappa shape index (κ3) is 4.28. The molecule has 27 heavy (non-hydrogen) atoms. The van der Waals surface area contributed by atoms with Crippen molar-refractivity contribution < 1.29 is 9.47 Å². The highest BCUT2D eigenvalue weighted by Crippen LogP contribution is 2.16. The second kappa shape index (κ2) is 7.79. The van der Waals surface area contributed by atoms with Gasteiger partial charge < -0.3 is 19.7 Å². The van der Waals surface area contributed by atoms with Gasteiger partial charge in [-0.25, -0.2) is 4.52 Å². The minimum Gasteiger partial charge on any atom is -0.497 e. The van der Waals surface area contributed by atoms with Crippen molar-refractivity contribution in [2.45, 2.75) is 25.5 Å². The Morgan fingerprint density at radius 2 is 2.04 bits per heavy atom. The number of piperidine rings is 1. The van der Waals surface area contributed by atoms with Crippen LogP contribution in [0.2, 0.25) is 0 Å². The number of methoxy groups -OCH3 is 1. The summed E-state index contributed by atoms with van der Waals surface area (Å²) in [5.41, 5.74) is 1.04. The maximum atomic E-state index is 5.79. The maximum Gasteiger partial charge on any atom is 0.257 e. The summed E-state index contributed by atoms with van der Waals surface area (Å²) in [5.74, 6) is 2.48. The first-order valence-corrected chi connectivity index (χ1v) is 9.14. The molecule has 142 valence electrons. The predicted octanol–water partition coefficient (Wildman–Crippen LogP) is 2.22. The van der Waals surface area contributed by atoms with Gasteiger partial charge in [-0.05, 0) is 44.1 Å². The normalized spacial score (nSPS) is 17.8. The lowest BCUT2D eigenvalue weighted by atomic mass is 10.1. The molecule has 1 aliphatic rings. The summed E-state index contributed by atoms with van der Waals surface area (Å²) in [6.45, 7) is 2.58. The number of benzene rings is 1. The molecule has 8 heteroatoms. The molecule has 0 amide bonds. The van der Waals surface area contributed by atoms with E-state index in [9.17, 15) is 0 Å². The van der Waals surface area contributed by atoms with Gasteiger partial charge in [0.1, 0.15) is 12.4 Å². The van der Waals surface area contributed by atoms with Crippen LogP contribution in [0.3, 0.4) is 0 Å². The van der Waals surface area contributed by atoms with Crippen LogP contribution in [0.25, 0.3) is 5.78 Å². The first-order valence-electron chi connectivity index (χ1n) is 9.14. The van der Waals surface area contributed by atoms with E-state index in [1.54, 1.807) is 17.7 Å². The number of ether oxygens (including phenoxy) is 2. The van der Waals surface area contributed by atoms with Gasteiger partial charge >= 0.3 is 0 Å². The maximum absolute atomic E-state index is 5.79. The number of rotatable bonds is 6. The molecule has 0 aliphatic carbocycles. The lowest BCUT2D eigenvalue weighted by Gasteiger charge is -2.29. The molecule has 3 aromatic rings. The predicted molar refractivity (Wildman–Crippen MR) is 102 cm³/mol. The topological polar surface area (TPSA) is 76.8 Å². The molecule has 1 aliphatic heterocycles. The molecule has 0 bridgehead atoms. The first kappa shape index (κ1) is 17.5. The zero-order valence-electron chi connectivity index (χ0n) is 15.6. The Kier molecular flexibility index (Phi) is 5.06. The van der Waals surface area contributed by atoms with Crippen LogP contribution in [-0.2, 0) is 6.61 Å². The summed E-state index contributed by atoms with van der Waals surface area (Å²) in [4.78, 5) is 11.2. The van der Waals surface area contributed by atoms with Crippen molar-refractivity contribution in [1.82, 2.24) is 24.5 Å². The SMILES string of the molecule is COc1ccc(COc2ccn3nc(NC4CCCN(C)C4)nc3n2)cc1. The highest BCUT2D eigenvalue weighted by molar-refractivity contribution is 5.39. The van der Waals surface area contributed by atoms with E-state index < -0.39 is 0 Å². The molecule has 2 aromatic heterocycles. The fraction of sp³-hybridized carbons (Fsp3) is 0.421. The zero-order valence-corrected chi connectivity index (χ0v) is 15.6. The third-order valence-corrected chi connectivity index (χ3v) is 4.69. The van der Waals surface area contributed by atoms with E-state index in [1.165, 1.54) is 6.42 Å². The van der Waals surface area contributed by atoms with Crippen LogP contribution in [0, 0.1) is 0 Å². The second-order valence-corrected chi connectivity index (χ2v) is 6.83. The number of hydrogen-bond acceptors (Lipinski definition) is 7. The average Bonchev–Trinajstić information content (AvgIpc) is 3.08. The Bertz CT molecular complexity index is 895. The molecule has 1 atom stereocenters. The molecule has 1 N–H and O–H groups in total. The molecule has 1 fully saturated rings. The van der Waals surface area contributed by atoms with Crippen molar-refractivity contribution in [3.05, 3.63) is 42.1 Å². The fourth-order valence-corrected chi connectivity index (χ4v) is 3.25. The van der Waals surface area contributed by atoms with Crippen molar-refractivity contribution in [3.63, 3.8) is 0 Å². The first-order chi connectivity index (χ1) is 13.2. The number of likely N-dealkylation sites (tertiary alicyclic amines) is 1. The Morgan fingerprint density at radius 1 is 1.19 bits per heavy atom. The summed E-state index contributed by atoms with van der Waals surface area (Å²) in [7, 11) is 3.79. The molecule has 1 unspecified atom stereocenters. The minimum absolute atomic E-state index is 0.368. The number of likely N-dealkylation sites (N-methyl/N-ethyl adjacent to an activating group) is 1. The monoisotopic (exact) mass is 368 g/mol. The van der Waals surface area contributed by atoms with E-state index in [4.69, 9.17) is 9.47 Å². The smallest absolute Gasteiger partial charge is 0.257 e. The van der Waals surface area contributed by atoms with Crippen LogP contribution in [0.15, 0.2) is 36.5 Å². The van der Waals surface area contributed by atoms with Gasteiger partial charge in [-0.15, -0.1) is 5.10 Å². The molecule has 0 saturated carbocycles. The number of nitrogens with one attached hydrogen (secondary N) is 1. The molecule has 0 spiro atoms. The zero-order chi connectivity index (χ0) is 18.6. The summed E-state index contributed by atoms with van der Waals surface area (Å²) in [6.07, 6.45) is 4.13. The summed E-state index contributed by atoms with van der Waals surface area (Å²) >= 11 is 0. The number of nitrogens with zero attached hydrogens (tertiary/aromatic N) is 5. The van der Waals surface area contributed by atoms with Crippen molar-refractivity contribution >= 4 is 11.7 Å². The third-order valence-electron chi connectivity index (χ3n) is 4.69. The molecule has 4 rings (SSSR count). The van der Waals surface area contributed by atoms with Crippen molar-refractivity contribution in [2.24, 2.45) is 0 Å². The average molecular weight is 368 g/mol. The molecule has 1 saturated heterocycles. The van der Waals surface area contributed by atoms with Gasteiger partial charge in [0.05, 0.1) is 7.11 Å². The lowest BCUT2D eigenvalue weighted by molar-refractivity contribution is 0.260. The van der Waals surface area contributed by atoms with Crippen molar-refractivity contribution in [3.8, 4) is 11.6 Å². The standard InChI is InChI=1S/C19H24N6O2/c1-24-10-3-4-15(12-24)20-18-22-19-21-17(9-11-25(19)23-18)27-13-14-5-7-16(26-2)8-6-14/h5-9,11,15H,3-4,10,12-13H2,1-2H3,(H,20,23). The van der Waals surface area contributed by atoms with Gasteiger partial charge in [-0.3, -0.25) is 0 Å². The number of aromatic nitrogens is 4. The van der Waals surface area contributed by atoms with E-state index in [1.807, 2.05) is 30.5 Å². The highest BCUT2D eigenvalue weighted by Gasteiger charge is 2.18. The lowest BCUT2D eigenvalue weighted by Crippen LogP contribution is -2.39. The minimum atomic E-state index is 0.368. The Balaban J connectivity index is 1.40. The van der Waals surface area contributed by atoms with E-state index in [0.29, 0.717) is 30.3 Å². The van der Waals surface area contributed by atoms with Crippen LogP contribution in [-0.4, -0.2) is 57.8 Å². The van der Waals surface area contributed by atoms with Gasteiger partial charge in [-0.1, -0.05) is 12.1 Å². The van der Waals surface area contributed by atoms with Gasteiger partial charge in [0, 0.05) is 24.8 Å². The van der Waals surface area contributed by atoms with E-state index in [-0.39, 0.29) is 0 Å². The fourth-order valence-electron chi connectivity index (χ4n) is 3.25. The van der Waals surface area contributed by atoms with Crippen LogP contribution in [0.5, 0.6) is 11.6 Å². The quantitative estimate of drug-likeness (QED) is 0.715. The highest BCUT2D eigenvalue weighted by atomic mass is 16.5. The summed E-state index contributed by atoms with van der Waals surface area (Å²) in [6, 6.07) is 9.92. The summed E-state index contributed by atoms with van der Waals surface area (Å²) in [5, 5.41) is 7.87. The number of anilines is 1.